The molecule has 3 aromatic rings. The highest BCUT2D eigenvalue weighted by atomic mass is 35.5. The van der Waals surface area contributed by atoms with Gasteiger partial charge in [0.15, 0.2) is 0 Å². The zero-order chi connectivity index (χ0) is 19.4. The van der Waals surface area contributed by atoms with E-state index in [1.165, 1.54) is 0 Å². The van der Waals surface area contributed by atoms with Gasteiger partial charge in [-0.05, 0) is 31.5 Å². The molecule has 3 rings (SSSR count). The van der Waals surface area contributed by atoms with Gasteiger partial charge in [0.25, 0.3) is 0 Å². The molecule has 0 amide bonds. The zero-order valence-corrected chi connectivity index (χ0v) is 15.8. The highest BCUT2D eigenvalue weighted by molar-refractivity contribution is 6.30. The van der Waals surface area contributed by atoms with E-state index in [0.717, 1.165) is 11.3 Å². The number of anilines is 1. The predicted molar refractivity (Wildman–Crippen MR) is 100 cm³/mol. The van der Waals surface area contributed by atoms with Gasteiger partial charge in [0.1, 0.15) is 23.9 Å². The minimum absolute atomic E-state index is 0.0222. The third kappa shape index (κ3) is 4.40. The number of nitrogens with zero attached hydrogens (tertiary/aromatic N) is 5. The van der Waals surface area contributed by atoms with Crippen molar-refractivity contribution in [1.29, 1.82) is 0 Å². The van der Waals surface area contributed by atoms with Gasteiger partial charge in [-0.3, -0.25) is 0 Å². The smallest absolute Gasteiger partial charge is 0.338 e. The van der Waals surface area contributed by atoms with Gasteiger partial charge >= 0.3 is 5.97 Å². The number of carbonyl (C=O) groups excluding carboxylic acids is 1. The lowest BCUT2D eigenvalue weighted by molar-refractivity contribution is 0.0466. The minimum Gasteiger partial charge on any atom is -0.455 e. The number of nitrogen functional groups attached to an aromatic ring is 1. The van der Waals surface area contributed by atoms with E-state index in [2.05, 4.69) is 20.3 Å². The summed E-state index contributed by atoms with van der Waals surface area (Å²) in [5.74, 6) is 0.554. The van der Waals surface area contributed by atoms with Crippen LogP contribution >= 0.6 is 11.6 Å². The van der Waals surface area contributed by atoms with Crippen molar-refractivity contribution in [3.63, 3.8) is 0 Å². The predicted octanol–water partition coefficient (Wildman–Crippen LogP) is 2.58. The molecule has 0 saturated heterocycles. The molecule has 0 bridgehead atoms. The van der Waals surface area contributed by atoms with Gasteiger partial charge in [-0.2, -0.15) is 0 Å². The molecule has 2 N–H and O–H groups in total. The third-order valence-corrected chi connectivity index (χ3v) is 4.23. The average Bonchev–Trinajstić information content (AvgIpc) is 3.03. The number of esters is 1. The van der Waals surface area contributed by atoms with Crippen molar-refractivity contribution in [2.75, 3.05) is 5.73 Å². The first-order chi connectivity index (χ1) is 13.0. The summed E-state index contributed by atoms with van der Waals surface area (Å²) in [5.41, 5.74) is 8.54. The van der Waals surface area contributed by atoms with Gasteiger partial charge in [0.2, 0.25) is 0 Å². The fourth-order valence-electron chi connectivity index (χ4n) is 2.62. The largest absolute Gasteiger partial charge is 0.455 e. The molecule has 9 heteroatoms. The summed E-state index contributed by atoms with van der Waals surface area (Å²) in [6.45, 7) is 4.17. The Hall–Kier alpha value is -3.00. The van der Waals surface area contributed by atoms with Crippen LogP contribution in [0, 0.1) is 6.92 Å². The van der Waals surface area contributed by atoms with Crippen LogP contribution in [0.3, 0.4) is 0 Å². The fraction of sp³-hybridized carbons (Fsp3) is 0.278. The molecular weight excluding hydrogens is 368 g/mol. The lowest BCUT2D eigenvalue weighted by Gasteiger charge is -2.08. The van der Waals surface area contributed by atoms with Crippen LogP contribution in [0.1, 0.15) is 40.1 Å². The molecule has 1 aromatic carbocycles. The quantitative estimate of drug-likeness (QED) is 0.648. The van der Waals surface area contributed by atoms with E-state index < -0.39 is 5.97 Å². The van der Waals surface area contributed by atoms with E-state index in [0.29, 0.717) is 40.9 Å². The number of halogens is 1. The summed E-state index contributed by atoms with van der Waals surface area (Å²) in [4.78, 5) is 20.5. The molecule has 2 heterocycles. The van der Waals surface area contributed by atoms with Crippen molar-refractivity contribution < 1.29 is 9.53 Å². The third-order valence-electron chi connectivity index (χ3n) is 3.99. The molecule has 0 atom stereocenters. The minimum atomic E-state index is -0.467. The molecule has 0 unspecified atom stereocenters. The second kappa shape index (κ2) is 8.13. The Kier molecular flexibility index (Phi) is 5.66. The lowest BCUT2D eigenvalue weighted by atomic mass is 10.2. The zero-order valence-electron chi connectivity index (χ0n) is 15.0. The first kappa shape index (κ1) is 18.8. The molecule has 0 fully saturated rings. The number of rotatable bonds is 6. The molecule has 0 aliphatic carbocycles. The second-order valence-electron chi connectivity index (χ2n) is 5.91. The second-order valence-corrected chi connectivity index (χ2v) is 6.34. The van der Waals surface area contributed by atoms with E-state index in [4.69, 9.17) is 22.1 Å². The molecule has 0 radical (unpaired) electrons. The van der Waals surface area contributed by atoms with Crippen LogP contribution in [0.2, 0.25) is 5.02 Å². The molecule has 0 aliphatic heterocycles. The molecular formula is C18H19ClN6O2. The summed E-state index contributed by atoms with van der Waals surface area (Å²) in [7, 11) is 0. The summed E-state index contributed by atoms with van der Waals surface area (Å²) < 4.78 is 7.07. The topological polar surface area (TPSA) is 109 Å². The number of benzene rings is 1. The maximum Gasteiger partial charge on any atom is 0.338 e. The Bertz CT molecular complexity index is 972. The van der Waals surface area contributed by atoms with Crippen LogP contribution in [-0.4, -0.2) is 30.9 Å². The van der Waals surface area contributed by atoms with Crippen molar-refractivity contribution in [1.82, 2.24) is 25.0 Å². The van der Waals surface area contributed by atoms with Crippen molar-refractivity contribution >= 4 is 23.4 Å². The van der Waals surface area contributed by atoms with Crippen LogP contribution in [0.4, 0.5) is 5.82 Å². The van der Waals surface area contributed by atoms with Gasteiger partial charge in [-0.25, -0.2) is 19.4 Å². The molecule has 8 nitrogen and oxygen atoms in total. The number of nitrogens with two attached hydrogens (primary N) is 1. The molecule has 0 saturated carbocycles. The summed E-state index contributed by atoms with van der Waals surface area (Å²) in [6, 6.07) is 6.59. The maximum atomic E-state index is 12.2. The van der Waals surface area contributed by atoms with Gasteiger partial charge in [0, 0.05) is 16.8 Å². The first-order valence-electron chi connectivity index (χ1n) is 8.39. The molecule has 2 aromatic heterocycles. The molecule has 0 aliphatic rings. The van der Waals surface area contributed by atoms with Crippen molar-refractivity contribution in [2.45, 2.75) is 33.4 Å². The van der Waals surface area contributed by atoms with Crippen molar-refractivity contribution in [2.24, 2.45) is 0 Å². The Labute approximate surface area is 161 Å². The van der Waals surface area contributed by atoms with Crippen LogP contribution < -0.4 is 5.73 Å². The Morgan fingerprint density at radius 2 is 2.19 bits per heavy atom. The molecule has 27 heavy (non-hydrogen) atoms. The van der Waals surface area contributed by atoms with E-state index in [-0.39, 0.29) is 6.61 Å². The van der Waals surface area contributed by atoms with E-state index >= 15 is 0 Å². The standard InChI is InChI=1S/C18H19ClN6O2/c1-3-16-15(10-27-18(26)12-5-4-6-14(19)7-12)23-24-25(16)9-13-8-21-11(2)22-17(13)20/h4-8H,3,9-10H2,1-2H3,(H2,20,21,22). The van der Waals surface area contributed by atoms with Crippen molar-refractivity contribution in [3.8, 4) is 0 Å². The van der Waals surface area contributed by atoms with Crippen LogP contribution in [0.25, 0.3) is 0 Å². The van der Waals surface area contributed by atoms with Gasteiger partial charge < -0.3 is 10.5 Å². The number of carbonyl (C=O) groups is 1. The summed E-state index contributed by atoms with van der Waals surface area (Å²) in [6.07, 6.45) is 2.35. The van der Waals surface area contributed by atoms with Gasteiger partial charge in [-0.1, -0.05) is 29.8 Å². The summed E-state index contributed by atoms with van der Waals surface area (Å²) >= 11 is 5.90. The lowest BCUT2D eigenvalue weighted by Crippen LogP contribution is -2.11. The highest BCUT2D eigenvalue weighted by Gasteiger charge is 2.16. The molecule has 0 spiro atoms. The number of hydrogen-bond acceptors (Lipinski definition) is 7. The number of aromatic nitrogens is 5. The van der Waals surface area contributed by atoms with Crippen LogP contribution in [0.15, 0.2) is 30.5 Å². The van der Waals surface area contributed by atoms with E-state index in [9.17, 15) is 4.79 Å². The normalized spacial score (nSPS) is 10.8. The van der Waals surface area contributed by atoms with E-state index in [1.807, 2.05) is 6.92 Å². The fourth-order valence-corrected chi connectivity index (χ4v) is 2.81. The monoisotopic (exact) mass is 386 g/mol. The van der Waals surface area contributed by atoms with Crippen LogP contribution in [0.5, 0.6) is 0 Å². The van der Waals surface area contributed by atoms with Gasteiger partial charge in [0.05, 0.1) is 17.8 Å². The maximum absolute atomic E-state index is 12.2. The van der Waals surface area contributed by atoms with Crippen molar-refractivity contribution in [3.05, 3.63) is 63.8 Å². The number of aryl methyl sites for hydroxylation is 1. The average molecular weight is 387 g/mol. The Balaban J connectivity index is 1.73. The van der Waals surface area contributed by atoms with Gasteiger partial charge in [-0.15, -0.1) is 5.10 Å². The molecule has 140 valence electrons. The Morgan fingerprint density at radius 3 is 2.89 bits per heavy atom. The highest BCUT2D eigenvalue weighted by Crippen LogP contribution is 2.16. The SMILES string of the molecule is CCc1c(COC(=O)c2cccc(Cl)c2)nnn1Cc1cnc(C)nc1N. The number of hydrogen-bond donors (Lipinski definition) is 1. The Morgan fingerprint density at radius 1 is 1.37 bits per heavy atom. The van der Waals surface area contributed by atoms with E-state index in [1.54, 1.807) is 42.1 Å². The summed E-state index contributed by atoms with van der Waals surface area (Å²) in [5, 5.41) is 8.77. The number of ether oxygens (including phenoxy) is 1. The first-order valence-corrected chi connectivity index (χ1v) is 8.77. The van der Waals surface area contributed by atoms with Crippen LogP contribution in [-0.2, 0) is 24.3 Å².